The number of halogens is 1. The highest BCUT2D eigenvalue weighted by molar-refractivity contribution is 5.80. The van der Waals surface area contributed by atoms with Crippen LogP contribution in [0.15, 0.2) is 60.0 Å². The van der Waals surface area contributed by atoms with Crippen LogP contribution in [0.1, 0.15) is 44.4 Å². The van der Waals surface area contributed by atoms with E-state index in [4.69, 9.17) is 0 Å². The molecule has 34 heavy (non-hydrogen) atoms. The van der Waals surface area contributed by atoms with Crippen molar-refractivity contribution in [2.75, 3.05) is 23.7 Å². The molecule has 3 aromatic rings. The Morgan fingerprint density at radius 1 is 0.706 bits per heavy atom. The molecule has 2 N–H and O–H groups in total. The van der Waals surface area contributed by atoms with Crippen LogP contribution >= 0.6 is 0 Å². The van der Waals surface area contributed by atoms with Crippen LogP contribution in [0, 0.1) is 26.6 Å². The maximum Gasteiger partial charge on any atom is 0.134 e. The normalized spacial score (nSPS) is 10.6. The zero-order chi connectivity index (χ0) is 24.8. The van der Waals surface area contributed by atoms with Crippen LogP contribution in [0.4, 0.5) is 16.0 Å². The molecule has 2 heterocycles. The van der Waals surface area contributed by atoms with E-state index in [0.717, 1.165) is 46.0 Å². The first-order valence-electron chi connectivity index (χ1n) is 11.7. The van der Waals surface area contributed by atoms with Crippen LogP contribution in [0.25, 0.3) is 22.3 Å². The van der Waals surface area contributed by atoms with E-state index in [-0.39, 0.29) is 5.82 Å². The van der Waals surface area contributed by atoms with Gasteiger partial charge >= 0.3 is 0 Å². The summed E-state index contributed by atoms with van der Waals surface area (Å²) >= 11 is 0. The number of allylic oxidation sites excluding steroid dienone is 2. The van der Waals surface area contributed by atoms with Crippen LogP contribution in [0.2, 0.25) is 0 Å². The summed E-state index contributed by atoms with van der Waals surface area (Å²) in [7, 11) is 0. The van der Waals surface area contributed by atoms with Gasteiger partial charge in [-0.25, -0.2) is 14.4 Å². The molecule has 0 amide bonds. The topological polar surface area (TPSA) is 49.8 Å². The fraction of sp³-hybridized carbons (Fsp3) is 0.310. The number of hydrogen-bond acceptors (Lipinski definition) is 4. The molecule has 0 aliphatic carbocycles. The molecule has 5 heteroatoms. The molecule has 0 unspecified atom stereocenters. The third-order valence-corrected chi connectivity index (χ3v) is 5.93. The molecule has 1 aromatic carbocycles. The van der Waals surface area contributed by atoms with Crippen LogP contribution in [0.5, 0.6) is 0 Å². The summed E-state index contributed by atoms with van der Waals surface area (Å²) in [5.74, 6) is 1.36. The summed E-state index contributed by atoms with van der Waals surface area (Å²) in [6.07, 6.45) is 7.77. The van der Waals surface area contributed by atoms with Crippen molar-refractivity contribution in [3.05, 3.63) is 82.5 Å². The average molecular weight is 459 g/mol. The van der Waals surface area contributed by atoms with Crippen molar-refractivity contribution in [1.29, 1.82) is 0 Å². The Hall–Kier alpha value is -3.47. The number of anilines is 2. The van der Waals surface area contributed by atoms with Gasteiger partial charge in [0.25, 0.3) is 0 Å². The van der Waals surface area contributed by atoms with E-state index in [1.807, 2.05) is 51.2 Å². The molecule has 0 bridgehead atoms. The molecule has 0 radical (unpaired) electrons. The third kappa shape index (κ3) is 5.90. The summed E-state index contributed by atoms with van der Waals surface area (Å²) in [5.41, 5.74) is 8.28. The fourth-order valence-corrected chi connectivity index (χ4v) is 3.91. The van der Waals surface area contributed by atoms with Gasteiger partial charge in [-0.15, -0.1) is 0 Å². The lowest BCUT2D eigenvalue weighted by Gasteiger charge is -2.19. The van der Waals surface area contributed by atoms with Crippen LogP contribution in [-0.2, 0) is 0 Å². The standard InChI is InChI=1S/C29H35FN4/c1-18(2)12-14-31-25-10-8-23(16-33-25)27-20(5)21(6)28(29(30)22(27)7)24-9-11-26(34-17-24)32-15-13-19(3)4/h8-13,16-17H,14-15H2,1-7H3,(H,31,33)(H,32,34). The highest BCUT2D eigenvalue weighted by atomic mass is 19.1. The quantitative estimate of drug-likeness (QED) is 0.341. The molecule has 3 rings (SSSR count). The summed E-state index contributed by atoms with van der Waals surface area (Å²) in [4.78, 5) is 9.03. The molecule has 0 fully saturated rings. The van der Waals surface area contributed by atoms with E-state index < -0.39 is 0 Å². The fourth-order valence-electron chi connectivity index (χ4n) is 3.91. The van der Waals surface area contributed by atoms with Crippen LogP contribution in [-0.4, -0.2) is 23.1 Å². The predicted molar refractivity (Wildman–Crippen MR) is 143 cm³/mol. The second-order valence-electron chi connectivity index (χ2n) is 9.13. The van der Waals surface area contributed by atoms with Gasteiger partial charge in [0.1, 0.15) is 17.5 Å². The number of benzene rings is 1. The molecule has 0 atom stereocenters. The van der Waals surface area contributed by atoms with Gasteiger partial charge < -0.3 is 10.6 Å². The number of nitrogens with zero attached hydrogens (tertiary/aromatic N) is 2. The summed E-state index contributed by atoms with van der Waals surface area (Å²) < 4.78 is 15.7. The van der Waals surface area contributed by atoms with Gasteiger partial charge in [-0.1, -0.05) is 23.3 Å². The Kier molecular flexibility index (Phi) is 8.21. The Morgan fingerprint density at radius 3 is 1.56 bits per heavy atom. The van der Waals surface area contributed by atoms with Gasteiger partial charge in [0.15, 0.2) is 0 Å². The summed E-state index contributed by atoms with van der Waals surface area (Å²) in [5, 5.41) is 6.55. The molecule has 178 valence electrons. The van der Waals surface area contributed by atoms with Gasteiger partial charge in [-0.05, 0) is 95.0 Å². The second-order valence-corrected chi connectivity index (χ2v) is 9.13. The number of pyridine rings is 2. The Morgan fingerprint density at radius 2 is 1.15 bits per heavy atom. The minimum atomic E-state index is -0.212. The first-order chi connectivity index (χ1) is 16.2. The lowest BCUT2D eigenvalue weighted by atomic mass is 9.87. The molecular formula is C29H35FN4. The van der Waals surface area contributed by atoms with E-state index in [1.165, 1.54) is 11.1 Å². The third-order valence-electron chi connectivity index (χ3n) is 5.93. The number of nitrogens with one attached hydrogen (secondary N) is 2. The zero-order valence-corrected chi connectivity index (χ0v) is 21.3. The van der Waals surface area contributed by atoms with Crippen molar-refractivity contribution < 1.29 is 4.39 Å². The van der Waals surface area contributed by atoms with E-state index in [1.54, 1.807) is 6.20 Å². The first-order valence-corrected chi connectivity index (χ1v) is 11.7. The number of hydrogen-bond donors (Lipinski definition) is 2. The Bertz CT molecular complexity index is 1070. The Labute approximate surface area is 203 Å². The molecule has 0 saturated heterocycles. The SMILES string of the molecule is CC(C)=CCNc1ccc(-c2c(C)c(C)c(-c3ccc(NCC=C(C)C)nc3)c(F)c2C)cn1. The van der Waals surface area contributed by atoms with Crippen molar-refractivity contribution >= 4 is 11.6 Å². The molecule has 0 aliphatic heterocycles. The molecule has 2 aromatic heterocycles. The van der Waals surface area contributed by atoms with Crippen molar-refractivity contribution in [1.82, 2.24) is 9.97 Å². The second kappa shape index (κ2) is 11.1. The molecule has 0 saturated carbocycles. The van der Waals surface area contributed by atoms with Gasteiger partial charge in [-0.3, -0.25) is 0 Å². The van der Waals surface area contributed by atoms with Crippen LogP contribution in [0.3, 0.4) is 0 Å². The molecule has 0 aliphatic rings. The van der Waals surface area contributed by atoms with Crippen LogP contribution < -0.4 is 10.6 Å². The van der Waals surface area contributed by atoms with E-state index in [2.05, 4.69) is 60.4 Å². The van der Waals surface area contributed by atoms with Crippen molar-refractivity contribution in [3.63, 3.8) is 0 Å². The summed E-state index contributed by atoms with van der Waals surface area (Å²) in [6, 6.07) is 7.77. The number of rotatable bonds is 8. The Balaban J connectivity index is 1.90. The lowest BCUT2D eigenvalue weighted by molar-refractivity contribution is 0.621. The highest BCUT2D eigenvalue weighted by Crippen LogP contribution is 2.38. The maximum atomic E-state index is 15.7. The molecular weight excluding hydrogens is 423 g/mol. The minimum Gasteiger partial charge on any atom is -0.367 e. The van der Waals surface area contributed by atoms with E-state index in [9.17, 15) is 0 Å². The van der Waals surface area contributed by atoms with Crippen molar-refractivity contribution in [3.8, 4) is 22.3 Å². The zero-order valence-electron chi connectivity index (χ0n) is 21.3. The van der Waals surface area contributed by atoms with Gasteiger partial charge in [0, 0.05) is 42.2 Å². The maximum absolute atomic E-state index is 15.7. The number of aromatic nitrogens is 2. The first kappa shape index (κ1) is 25.2. The van der Waals surface area contributed by atoms with Crippen molar-refractivity contribution in [2.45, 2.75) is 48.5 Å². The predicted octanol–water partition coefficient (Wildman–Crippen LogP) is 7.63. The van der Waals surface area contributed by atoms with Gasteiger partial charge in [0.2, 0.25) is 0 Å². The largest absolute Gasteiger partial charge is 0.367 e. The highest BCUT2D eigenvalue weighted by Gasteiger charge is 2.20. The summed E-state index contributed by atoms with van der Waals surface area (Å²) in [6.45, 7) is 15.6. The molecule has 0 spiro atoms. The monoisotopic (exact) mass is 458 g/mol. The van der Waals surface area contributed by atoms with Crippen molar-refractivity contribution in [2.24, 2.45) is 0 Å². The van der Waals surface area contributed by atoms with E-state index in [0.29, 0.717) is 17.7 Å². The lowest BCUT2D eigenvalue weighted by Crippen LogP contribution is -2.04. The minimum absolute atomic E-state index is 0.212. The van der Waals surface area contributed by atoms with E-state index >= 15 is 4.39 Å². The smallest absolute Gasteiger partial charge is 0.134 e. The average Bonchev–Trinajstić information content (AvgIpc) is 2.79. The molecule has 4 nitrogen and oxygen atoms in total. The van der Waals surface area contributed by atoms with Gasteiger partial charge in [0.05, 0.1) is 0 Å². The van der Waals surface area contributed by atoms with Gasteiger partial charge in [-0.2, -0.15) is 0 Å².